The molecule has 1 saturated heterocycles. The summed E-state index contributed by atoms with van der Waals surface area (Å²) in [4.78, 5) is 0. The van der Waals surface area contributed by atoms with Crippen LogP contribution in [0.2, 0.25) is 0 Å². The molecule has 0 aliphatic carbocycles. The topological polar surface area (TPSA) is 21.3 Å². The predicted octanol–water partition coefficient (Wildman–Crippen LogP) is 3.13. The Labute approximate surface area is 117 Å². The lowest BCUT2D eigenvalue weighted by atomic mass is 9.62. The molecule has 1 N–H and O–H groups in total. The Balaban J connectivity index is 2.19. The highest BCUT2D eigenvalue weighted by atomic mass is 16.5. The largest absolute Gasteiger partial charge is 0.384 e. The lowest BCUT2D eigenvalue weighted by Crippen LogP contribution is -2.51. The molecule has 2 nitrogen and oxygen atoms in total. The molecule has 0 aromatic heterocycles. The van der Waals surface area contributed by atoms with Crippen LogP contribution in [-0.2, 0) is 11.2 Å². The van der Waals surface area contributed by atoms with Gasteiger partial charge in [0.2, 0.25) is 0 Å². The van der Waals surface area contributed by atoms with Crippen LogP contribution in [0.3, 0.4) is 0 Å². The first-order valence-corrected chi connectivity index (χ1v) is 7.42. The number of hydrogen-bond acceptors (Lipinski definition) is 2. The van der Waals surface area contributed by atoms with Gasteiger partial charge in [-0.15, -0.1) is 0 Å². The number of hydrogen-bond donors (Lipinski definition) is 1. The Hall–Kier alpha value is -0.860. The molecule has 19 heavy (non-hydrogen) atoms. The van der Waals surface area contributed by atoms with Crippen molar-refractivity contribution in [3.8, 4) is 0 Å². The van der Waals surface area contributed by atoms with Crippen molar-refractivity contribution < 1.29 is 4.74 Å². The van der Waals surface area contributed by atoms with E-state index in [1.165, 1.54) is 12.0 Å². The summed E-state index contributed by atoms with van der Waals surface area (Å²) in [7, 11) is 1.84. The highest BCUT2D eigenvalue weighted by Gasteiger charge is 2.43. The second-order valence-corrected chi connectivity index (χ2v) is 6.16. The van der Waals surface area contributed by atoms with E-state index in [-0.39, 0.29) is 0 Å². The van der Waals surface area contributed by atoms with E-state index < -0.39 is 0 Å². The number of nitrogens with one attached hydrogen (secondary N) is 1. The molecule has 0 saturated carbocycles. The molecule has 2 atom stereocenters. The van der Waals surface area contributed by atoms with Gasteiger partial charge >= 0.3 is 0 Å². The average Bonchev–Trinajstić information content (AvgIpc) is 2.42. The van der Waals surface area contributed by atoms with E-state index in [2.05, 4.69) is 49.5 Å². The Bertz CT molecular complexity index is 372. The van der Waals surface area contributed by atoms with Crippen LogP contribution in [0, 0.1) is 17.3 Å². The Morgan fingerprint density at radius 2 is 2.05 bits per heavy atom. The molecule has 1 heterocycles. The van der Waals surface area contributed by atoms with Crippen LogP contribution >= 0.6 is 0 Å². The van der Waals surface area contributed by atoms with Crippen LogP contribution in [-0.4, -0.2) is 26.8 Å². The number of piperidine rings is 1. The number of rotatable bonds is 5. The summed E-state index contributed by atoms with van der Waals surface area (Å²) in [5.41, 5.74) is 1.76. The first-order valence-electron chi connectivity index (χ1n) is 7.42. The summed E-state index contributed by atoms with van der Waals surface area (Å²) < 4.78 is 5.59. The van der Waals surface area contributed by atoms with Crippen molar-refractivity contribution >= 4 is 0 Å². The van der Waals surface area contributed by atoms with Crippen molar-refractivity contribution in [3.05, 3.63) is 35.9 Å². The van der Waals surface area contributed by atoms with Crippen molar-refractivity contribution in [1.29, 1.82) is 0 Å². The fraction of sp³-hybridized carbons (Fsp3) is 0.647. The smallest absolute Gasteiger partial charge is 0.0524 e. The quantitative estimate of drug-likeness (QED) is 0.879. The van der Waals surface area contributed by atoms with E-state index >= 15 is 0 Å². The van der Waals surface area contributed by atoms with Gasteiger partial charge in [-0.3, -0.25) is 0 Å². The van der Waals surface area contributed by atoms with Crippen molar-refractivity contribution in [2.45, 2.75) is 26.7 Å². The molecule has 2 rings (SSSR count). The summed E-state index contributed by atoms with van der Waals surface area (Å²) >= 11 is 0. The van der Waals surface area contributed by atoms with Crippen molar-refractivity contribution in [1.82, 2.24) is 5.32 Å². The highest BCUT2D eigenvalue weighted by molar-refractivity contribution is 5.16. The fourth-order valence-corrected chi connectivity index (χ4v) is 3.56. The van der Waals surface area contributed by atoms with Crippen molar-refractivity contribution in [2.75, 3.05) is 26.8 Å². The summed E-state index contributed by atoms with van der Waals surface area (Å²) in [6.07, 6.45) is 2.37. The maximum Gasteiger partial charge on any atom is 0.0524 e. The molecule has 0 spiro atoms. The van der Waals surface area contributed by atoms with Crippen molar-refractivity contribution in [3.63, 3.8) is 0 Å². The van der Waals surface area contributed by atoms with E-state index in [0.29, 0.717) is 17.3 Å². The maximum absolute atomic E-state index is 5.59. The molecule has 1 aliphatic rings. The highest BCUT2D eigenvalue weighted by Crippen LogP contribution is 2.42. The van der Waals surface area contributed by atoms with Crippen LogP contribution < -0.4 is 5.32 Å². The Morgan fingerprint density at radius 1 is 1.32 bits per heavy atom. The molecule has 1 aromatic rings. The third-order valence-corrected chi connectivity index (χ3v) is 4.86. The fourth-order valence-electron chi connectivity index (χ4n) is 3.56. The first-order chi connectivity index (χ1) is 9.19. The van der Waals surface area contributed by atoms with Crippen LogP contribution in [0.5, 0.6) is 0 Å². The first kappa shape index (κ1) is 14.5. The van der Waals surface area contributed by atoms with E-state index in [1.807, 2.05) is 7.11 Å². The van der Waals surface area contributed by atoms with Gasteiger partial charge in [0.25, 0.3) is 0 Å². The van der Waals surface area contributed by atoms with Gasteiger partial charge in [-0.05, 0) is 43.3 Å². The van der Waals surface area contributed by atoms with Gasteiger partial charge in [-0.1, -0.05) is 44.2 Å². The molecular weight excluding hydrogens is 234 g/mol. The summed E-state index contributed by atoms with van der Waals surface area (Å²) in [5.74, 6) is 1.31. The molecule has 1 fully saturated rings. The van der Waals surface area contributed by atoms with Gasteiger partial charge in [-0.2, -0.15) is 0 Å². The molecule has 106 valence electrons. The number of methoxy groups -OCH3 is 1. The molecule has 1 aromatic carbocycles. The SMILES string of the molecule is COCC1(C(C)C)CCNCC1Cc1ccccc1. The van der Waals surface area contributed by atoms with Gasteiger partial charge in [-0.25, -0.2) is 0 Å². The molecule has 1 aliphatic heterocycles. The van der Waals surface area contributed by atoms with Gasteiger partial charge in [0.15, 0.2) is 0 Å². The molecule has 0 radical (unpaired) electrons. The van der Waals surface area contributed by atoms with Crippen LogP contribution in [0.25, 0.3) is 0 Å². The Kier molecular flexibility index (Phi) is 5.00. The second kappa shape index (κ2) is 6.53. The summed E-state index contributed by atoms with van der Waals surface area (Å²) in [5, 5.41) is 3.57. The standard InChI is InChI=1S/C17H27NO/c1-14(2)17(13-19-3)9-10-18-12-16(17)11-15-7-5-4-6-8-15/h4-8,14,16,18H,9-13H2,1-3H3. The summed E-state index contributed by atoms with van der Waals surface area (Å²) in [6.45, 7) is 7.80. The number of benzene rings is 1. The van der Waals surface area contributed by atoms with E-state index in [4.69, 9.17) is 4.74 Å². The van der Waals surface area contributed by atoms with Crippen LogP contribution in [0.1, 0.15) is 25.8 Å². The van der Waals surface area contributed by atoms with E-state index in [0.717, 1.165) is 26.1 Å². The maximum atomic E-state index is 5.59. The zero-order valence-electron chi connectivity index (χ0n) is 12.5. The Morgan fingerprint density at radius 3 is 2.68 bits per heavy atom. The lowest BCUT2D eigenvalue weighted by molar-refractivity contribution is -0.0276. The molecule has 0 bridgehead atoms. The molecular formula is C17H27NO. The van der Waals surface area contributed by atoms with E-state index in [9.17, 15) is 0 Å². The third kappa shape index (κ3) is 3.18. The molecule has 0 amide bonds. The van der Waals surface area contributed by atoms with Crippen LogP contribution in [0.4, 0.5) is 0 Å². The average molecular weight is 261 g/mol. The van der Waals surface area contributed by atoms with E-state index in [1.54, 1.807) is 0 Å². The minimum Gasteiger partial charge on any atom is -0.384 e. The van der Waals surface area contributed by atoms with Crippen LogP contribution in [0.15, 0.2) is 30.3 Å². The normalized spacial score (nSPS) is 27.7. The lowest BCUT2D eigenvalue weighted by Gasteiger charge is -2.47. The minimum absolute atomic E-state index is 0.315. The number of ether oxygens (including phenoxy) is 1. The predicted molar refractivity (Wildman–Crippen MR) is 80.3 cm³/mol. The van der Waals surface area contributed by atoms with Gasteiger partial charge in [0.05, 0.1) is 6.61 Å². The third-order valence-electron chi connectivity index (χ3n) is 4.86. The zero-order valence-corrected chi connectivity index (χ0v) is 12.5. The minimum atomic E-state index is 0.315. The second-order valence-electron chi connectivity index (χ2n) is 6.16. The van der Waals surface area contributed by atoms with Gasteiger partial charge < -0.3 is 10.1 Å². The van der Waals surface area contributed by atoms with Gasteiger partial charge in [0.1, 0.15) is 0 Å². The van der Waals surface area contributed by atoms with Crippen molar-refractivity contribution in [2.24, 2.45) is 17.3 Å². The summed E-state index contributed by atoms with van der Waals surface area (Å²) in [6, 6.07) is 10.9. The monoisotopic (exact) mass is 261 g/mol. The van der Waals surface area contributed by atoms with Gasteiger partial charge in [0, 0.05) is 12.5 Å². The zero-order chi connectivity index (χ0) is 13.7. The molecule has 2 unspecified atom stereocenters. The molecule has 2 heteroatoms.